The summed E-state index contributed by atoms with van der Waals surface area (Å²) < 4.78 is 67.8. The van der Waals surface area contributed by atoms with E-state index in [1.165, 1.54) is 31.2 Å². The normalized spacial score (nSPS) is 17.1. The summed E-state index contributed by atoms with van der Waals surface area (Å²) in [7, 11) is -1.93. The highest BCUT2D eigenvalue weighted by molar-refractivity contribution is 7.91. The van der Waals surface area contributed by atoms with Gasteiger partial charge in [0.25, 0.3) is 5.56 Å². The minimum absolute atomic E-state index is 0.00876. The minimum atomic E-state index is -4.73. The molecule has 8 nitrogen and oxygen atoms in total. The summed E-state index contributed by atoms with van der Waals surface area (Å²) >= 11 is 6.03. The van der Waals surface area contributed by atoms with Gasteiger partial charge in [0, 0.05) is 30.7 Å². The van der Waals surface area contributed by atoms with Crippen LogP contribution in [0.4, 0.5) is 13.2 Å². The largest absolute Gasteiger partial charge is 0.416 e. The Morgan fingerprint density at radius 2 is 1.86 bits per heavy atom. The van der Waals surface area contributed by atoms with E-state index in [0.29, 0.717) is 17.7 Å². The topological polar surface area (TPSA) is 104 Å². The Morgan fingerprint density at radius 3 is 2.49 bits per heavy atom. The van der Waals surface area contributed by atoms with Crippen LogP contribution in [-0.4, -0.2) is 54.8 Å². The van der Waals surface area contributed by atoms with Crippen molar-refractivity contribution in [3.05, 3.63) is 72.9 Å². The zero-order valence-electron chi connectivity index (χ0n) is 20.2. The summed E-state index contributed by atoms with van der Waals surface area (Å²) in [6.45, 7) is 2.16. The molecule has 1 saturated heterocycles. The number of alkyl halides is 3. The average molecular weight is 559 g/mol. The number of aromatic amines is 1. The summed E-state index contributed by atoms with van der Waals surface area (Å²) in [5.41, 5.74) is -2.78. The van der Waals surface area contributed by atoms with Crippen molar-refractivity contribution >= 4 is 32.3 Å². The lowest BCUT2D eigenvalue weighted by atomic mass is 10.0. The second-order valence-corrected chi connectivity index (χ2v) is 11.7. The van der Waals surface area contributed by atoms with Gasteiger partial charge in [0.05, 0.1) is 33.7 Å². The van der Waals surface area contributed by atoms with E-state index in [-0.39, 0.29) is 50.3 Å². The molecule has 37 heavy (non-hydrogen) atoms. The Balaban J connectivity index is 1.83. The van der Waals surface area contributed by atoms with Crippen LogP contribution in [0.1, 0.15) is 30.0 Å². The molecule has 1 aromatic heterocycles. The van der Waals surface area contributed by atoms with E-state index in [2.05, 4.69) is 10.3 Å². The number of halogens is 4. The van der Waals surface area contributed by atoms with Gasteiger partial charge in [-0.15, -0.1) is 0 Å². The fraction of sp³-hybridized carbons (Fsp3) is 0.417. The van der Waals surface area contributed by atoms with E-state index >= 15 is 0 Å². The average Bonchev–Trinajstić information content (AvgIpc) is 3.28. The van der Waals surface area contributed by atoms with Crippen LogP contribution >= 0.6 is 11.6 Å². The first-order chi connectivity index (χ1) is 17.3. The van der Waals surface area contributed by atoms with Crippen molar-refractivity contribution in [3.63, 3.8) is 0 Å². The fourth-order valence-corrected chi connectivity index (χ4v) is 5.94. The molecule has 1 aliphatic rings. The van der Waals surface area contributed by atoms with E-state index in [9.17, 15) is 31.2 Å². The first kappa shape index (κ1) is 27.4. The van der Waals surface area contributed by atoms with Gasteiger partial charge in [-0.05, 0) is 54.9 Å². The lowest BCUT2D eigenvalue weighted by molar-refractivity contribution is -0.138. The minimum Gasteiger partial charge on any atom is -0.316 e. The van der Waals surface area contributed by atoms with E-state index in [4.69, 9.17) is 11.6 Å². The molecule has 4 rings (SSSR count). The molecule has 0 radical (unpaired) electrons. The molecule has 2 aromatic carbocycles. The molecule has 0 saturated carbocycles. The molecule has 1 aliphatic heterocycles. The van der Waals surface area contributed by atoms with Crippen molar-refractivity contribution in [1.82, 2.24) is 19.8 Å². The SMILES string of the molecule is CCS(=O)(=O)c1ccc(Cl)cc1Cn1c(=O)[nH]c2cc(CN3CCC(NC)C3)c(C(F)(F)F)cc2c1=O. The number of nitrogens with one attached hydrogen (secondary N) is 2. The predicted octanol–water partition coefficient (Wildman–Crippen LogP) is 3.00. The fourth-order valence-electron chi connectivity index (χ4n) is 4.64. The van der Waals surface area contributed by atoms with Crippen LogP contribution in [0.25, 0.3) is 10.9 Å². The second kappa shape index (κ2) is 10.2. The van der Waals surface area contributed by atoms with Gasteiger partial charge in [0.1, 0.15) is 0 Å². The smallest absolute Gasteiger partial charge is 0.316 e. The number of likely N-dealkylation sites (tertiary alicyclic amines) is 1. The monoisotopic (exact) mass is 558 g/mol. The third kappa shape index (κ3) is 5.62. The number of likely N-dealkylation sites (N-methyl/N-ethyl adjacent to an activating group) is 1. The van der Waals surface area contributed by atoms with Crippen LogP contribution in [0.3, 0.4) is 0 Å². The van der Waals surface area contributed by atoms with Crippen LogP contribution in [-0.2, 0) is 29.1 Å². The molecule has 1 fully saturated rings. The van der Waals surface area contributed by atoms with E-state index < -0.39 is 39.4 Å². The number of hydrogen-bond donors (Lipinski definition) is 2. The summed E-state index contributed by atoms with van der Waals surface area (Å²) in [6.07, 6.45) is -3.93. The Labute approximate surface area is 216 Å². The number of benzene rings is 2. The number of rotatable bonds is 7. The van der Waals surface area contributed by atoms with Gasteiger partial charge in [-0.25, -0.2) is 13.2 Å². The van der Waals surface area contributed by atoms with Gasteiger partial charge < -0.3 is 10.3 Å². The highest BCUT2D eigenvalue weighted by Crippen LogP contribution is 2.34. The van der Waals surface area contributed by atoms with Crippen LogP contribution in [0.5, 0.6) is 0 Å². The van der Waals surface area contributed by atoms with Crippen LogP contribution < -0.4 is 16.6 Å². The summed E-state index contributed by atoms with van der Waals surface area (Å²) in [6, 6.07) is 6.10. The van der Waals surface area contributed by atoms with E-state index in [1.807, 2.05) is 4.90 Å². The van der Waals surface area contributed by atoms with Crippen molar-refractivity contribution in [2.45, 2.75) is 43.5 Å². The number of aromatic nitrogens is 2. The molecular weight excluding hydrogens is 533 g/mol. The molecule has 0 amide bonds. The molecule has 2 N–H and O–H groups in total. The lowest BCUT2D eigenvalue weighted by Gasteiger charge is -2.20. The Morgan fingerprint density at radius 1 is 1.14 bits per heavy atom. The molecule has 2 heterocycles. The standard InChI is InChI=1S/C24H26ClF3N4O4S/c1-3-37(35,36)21-5-4-16(25)8-15(21)12-32-22(33)18-10-19(24(26,27)28)14(9-20(18)30-23(32)34)11-31-7-6-17(13-31)29-2/h4-5,8-10,17,29H,3,6-7,11-13H2,1-2H3,(H,30,34). The number of sulfone groups is 1. The first-order valence-electron chi connectivity index (χ1n) is 11.6. The number of fused-ring (bicyclic) bond motifs is 1. The summed E-state index contributed by atoms with van der Waals surface area (Å²) in [4.78, 5) is 30.4. The third-order valence-corrected chi connectivity index (χ3v) is 8.72. The number of hydrogen-bond acceptors (Lipinski definition) is 6. The molecule has 200 valence electrons. The summed E-state index contributed by atoms with van der Waals surface area (Å²) in [5, 5.41) is 2.97. The van der Waals surface area contributed by atoms with Gasteiger partial charge >= 0.3 is 11.9 Å². The van der Waals surface area contributed by atoms with Crippen molar-refractivity contribution in [1.29, 1.82) is 0 Å². The quantitative estimate of drug-likeness (QED) is 0.462. The maximum absolute atomic E-state index is 14.0. The highest BCUT2D eigenvalue weighted by Gasteiger charge is 2.35. The van der Waals surface area contributed by atoms with E-state index in [1.54, 1.807) is 7.05 Å². The maximum Gasteiger partial charge on any atom is 0.416 e. The van der Waals surface area contributed by atoms with Gasteiger partial charge in [-0.1, -0.05) is 18.5 Å². The summed E-state index contributed by atoms with van der Waals surface area (Å²) in [5.74, 6) is -0.228. The van der Waals surface area contributed by atoms with Crippen LogP contribution in [0.2, 0.25) is 5.02 Å². The predicted molar refractivity (Wildman–Crippen MR) is 135 cm³/mol. The molecule has 1 atom stereocenters. The Hall–Kier alpha value is -2.67. The van der Waals surface area contributed by atoms with Crippen LogP contribution in [0.15, 0.2) is 44.8 Å². The molecule has 0 bridgehead atoms. The van der Waals surface area contributed by atoms with Crippen molar-refractivity contribution in [3.8, 4) is 0 Å². The lowest BCUT2D eigenvalue weighted by Crippen LogP contribution is -2.36. The first-order valence-corrected chi connectivity index (χ1v) is 13.6. The number of nitrogens with zero attached hydrogens (tertiary/aromatic N) is 2. The van der Waals surface area contributed by atoms with Crippen molar-refractivity contribution in [2.24, 2.45) is 0 Å². The second-order valence-electron chi connectivity index (χ2n) is 9.04. The highest BCUT2D eigenvalue weighted by atomic mass is 35.5. The molecule has 0 aliphatic carbocycles. The Kier molecular flexibility index (Phi) is 7.57. The van der Waals surface area contributed by atoms with E-state index in [0.717, 1.165) is 12.5 Å². The van der Waals surface area contributed by atoms with Gasteiger partial charge in [0.2, 0.25) is 0 Å². The third-order valence-electron chi connectivity index (χ3n) is 6.65. The molecule has 0 spiro atoms. The maximum atomic E-state index is 14.0. The Bertz CT molecular complexity index is 1570. The molecule has 1 unspecified atom stereocenters. The van der Waals surface area contributed by atoms with Crippen molar-refractivity contribution < 1.29 is 21.6 Å². The van der Waals surface area contributed by atoms with Crippen LogP contribution in [0, 0.1) is 0 Å². The van der Waals surface area contributed by atoms with Gasteiger partial charge in [0.15, 0.2) is 9.84 Å². The molecule has 3 aromatic rings. The zero-order chi connectivity index (χ0) is 27.1. The van der Waals surface area contributed by atoms with Crippen molar-refractivity contribution in [2.75, 3.05) is 25.9 Å². The molecule has 13 heteroatoms. The van der Waals surface area contributed by atoms with Gasteiger partial charge in [-0.3, -0.25) is 14.3 Å². The molecular formula is C24H26ClF3N4O4S. The zero-order valence-corrected chi connectivity index (χ0v) is 21.7. The van der Waals surface area contributed by atoms with Gasteiger partial charge in [-0.2, -0.15) is 13.2 Å². The number of H-pyrrole nitrogens is 1.